The molecular formula is C17H13FN2O4S. The molecule has 0 radical (unpaired) electrons. The molecule has 0 saturated heterocycles. The summed E-state index contributed by atoms with van der Waals surface area (Å²) in [5, 5.41) is 9.57. The summed E-state index contributed by atoms with van der Waals surface area (Å²) in [5.41, 5.74) is -0.130. The van der Waals surface area contributed by atoms with Crippen LogP contribution < -0.4 is 4.72 Å². The molecule has 0 spiro atoms. The van der Waals surface area contributed by atoms with Crippen molar-refractivity contribution in [2.24, 2.45) is 0 Å². The molecule has 0 fully saturated rings. The van der Waals surface area contributed by atoms with Crippen molar-refractivity contribution < 1.29 is 22.7 Å². The first-order valence-corrected chi connectivity index (χ1v) is 8.68. The van der Waals surface area contributed by atoms with Crippen molar-refractivity contribution in [2.75, 3.05) is 4.72 Å². The zero-order valence-electron chi connectivity index (χ0n) is 13.0. The van der Waals surface area contributed by atoms with Gasteiger partial charge < -0.3 is 5.11 Å². The Hall–Kier alpha value is -3.00. The number of anilines is 1. The van der Waals surface area contributed by atoms with Crippen molar-refractivity contribution in [1.82, 2.24) is 4.98 Å². The van der Waals surface area contributed by atoms with Crippen LogP contribution >= 0.6 is 0 Å². The minimum atomic E-state index is -4.12. The maximum Gasteiger partial charge on any atom is 0.335 e. The number of aryl methyl sites for hydroxylation is 1. The number of fused-ring (bicyclic) bond motifs is 1. The van der Waals surface area contributed by atoms with E-state index in [9.17, 15) is 17.6 Å². The minimum Gasteiger partial charge on any atom is -0.478 e. The van der Waals surface area contributed by atoms with Crippen LogP contribution in [0.25, 0.3) is 10.9 Å². The van der Waals surface area contributed by atoms with E-state index in [2.05, 4.69) is 9.71 Å². The van der Waals surface area contributed by atoms with Crippen LogP contribution in [0.15, 0.2) is 53.6 Å². The van der Waals surface area contributed by atoms with Gasteiger partial charge in [-0.15, -0.1) is 0 Å². The molecule has 6 nitrogen and oxygen atoms in total. The fourth-order valence-electron chi connectivity index (χ4n) is 2.48. The highest BCUT2D eigenvalue weighted by atomic mass is 32.2. The molecule has 0 aliphatic carbocycles. The van der Waals surface area contributed by atoms with Crippen molar-refractivity contribution in [3.05, 3.63) is 65.6 Å². The molecule has 3 rings (SSSR count). The van der Waals surface area contributed by atoms with Gasteiger partial charge in [0.05, 0.1) is 16.8 Å². The molecular weight excluding hydrogens is 347 g/mol. The summed E-state index contributed by atoms with van der Waals surface area (Å²) in [7, 11) is -4.12. The lowest BCUT2D eigenvalue weighted by Crippen LogP contribution is -2.16. The van der Waals surface area contributed by atoms with Crippen molar-refractivity contribution in [1.29, 1.82) is 0 Å². The number of aromatic carboxylic acids is 1. The average Bonchev–Trinajstić information content (AvgIpc) is 2.57. The van der Waals surface area contributed by atoms with E-state index >= 15 is 0 Å². The number of sulfonamides is 1. The summed E-state index contributed by atoms with van der Waals surface area (Å²) >= 11 is 0. The molecule has 0 unspecified atom stereocenters. The van der Waals surface area contributed by atoms with Crippen LogP contribution in [0.2, 0.25) is 0 Å². The number of rotatable bonds is 4. The van der Waals surface area contributed by atoms with Gasteiger partial charge in [-0.3, -0.25) is 9.71 Å². The van der Waals surface area contributed by atoms with Gasteiger partial charge in [-0.1, -0.05) is 18.2 Å². The number of carboxylic acid groups (broad SMARTS) is 1. The summed E-state index contributed by atoms with van der Waals surface area (Å²) < 4.78 is 41.8. The van der Waals surface area contributed by atoms with Gasteiger partial charge in [0.25, 0.3) is 10.0 Å². The number of aromatic nitrogens is 1. The second kappa shape index (κ2) is 6.14. The van der Waals surface area contributed by atoms with E-state index in [0.29, 0.717) is 5.39 Å². The average molecular weight is 360 g/mol. The Labute approximate surface area is 143 Å². The first-order valence-electron chi connectivity index (χ1n) is 7.19. The van der Waals surface area contributed by atoms with Gasteiger partial charge in [0.1, 0.15) is 10.7 Å². The molecule has 0 aliphatic heterocycles. The Balaban J connectivity index is 2.09. The zero-order valence-corrected chi connectivity index (χ0v) is 13.8. The maximum atomic E-state index is 14.2. The molecule has 1 heterocycles. The number of nitrogens with zero attached hydrogens (tertiary/aromatic N) is 1. The number of nitrogens with one attached hydrogen (secondary N) is 1. The molecule has 128 valence electrons. The maximum absolute atomic E-state index is 14.2. The predicted molar refractivity (Wildman–Crippen MR) is 90.6 cm³/mol. The number of benzene rings is 2. The van der Waals surface area contributed by atoms with Gasteiger partial charge in [-0.25, -0.2) is 17.6 Å². The van der Waals surface area contributed by atoms with Crippen LogP contribution in [-0.4, -0.2) is 24.5 Å². The number of hydrogen-bond donors (Lipinski definition) is 2. The fraction of sp³-hybridized carbons (Fsp3) is 0.0588. The van der Waals surface area contributed by atoms with Gasteiger partial charge in [-0.05, 0) is 36.8 Å². The van der Waals surface area contributed by atoms with Crippen LogP contribution in [0, 0.1) is 12.7 Å². The summed E-state index contributed by atoms with van der Waals surface area (Å²) in [6, 6.07) is 10.0. The number of pyridine rings is 1. The Morgan fingerprint density at radius 2 is 1.92 bits per heavy atom. The predicted octanol–water partition coefficient (Wildman–Crippen LogP) is 3.18. The highest BCUT2D eigenvalue weighted by Crippen LogP contribution is 2.27. The van der Waals surface area contributed by atoms with E-state index in [-0.39, 0.29) is 27.2 Å². The van der Waals surface area contributed by atoms with Crippen molar-refractivity contribution in [3.8, 4) is 0 Å². The molecule has 2 aromatic carbocycles. The Bertz CT molecular complexity index is 1070. The van der Waals surface area contributed by atoms with Gasteiger partial charge in [0, 0.05) is 11.6 Å². The molecule has 25 heavy (non-hydrogen) atoms. The van der Waals surface area contributed by atoms with Crippen molar-refractivity contribution >= 4 is 32.6 Å². The van der Waals surface area contributed by atoms with Gasteiger partial charge in [0.2, 0.25) is 0 Å². The second-order valence-electron chi connectivity index (χ2n) is 5.39. The Morgan fingerprint density at radius 3 is 2.60 bits per heavy atom. The Kier molecular flexibility index (Phi) is 4.13. The van der Waals surface area contributed by atoms with Gasteiger partial charge >= 0.3 is 5.97 Å². The van der Waals surface area contributed by atoms with Crippen molar-refractivity contribution in [3.63, 3.8) is 0 Å². The molecule has 0 aliphatic rings. The summed E-state index contributed by atoms with van der Waals surface area (Å²) in [6.07, 6.45) is 1.47. The van der Waals surface area contributed by atoms with E-state index < -0.39 is 21.8 Å². The van der Waals surface area contributed by atoms with Crippen LogP contribution in [0.3, 0.4) is 0 Å². The van der Waals surface area contributed by atoms with Crippen LogP contribution in [0.1, 0.15) is 15.9 Å². The van der Waals surface area contributed by atoms with E-state index in [1.54, 1.807) is 24.3 Å². The molecule has 0 saturated carbocycles. The fourth-order valence-corrected chi connectivity index (χ4v) is 3.80. The molecule has 3 aromatic rings. The Morgan fingerprint density at radius 1 is 1.20 bits per heavy atom. The molecule has 0 bridgehead atoms. The van der Waals surface area contributed by atoms with Crippen LogP contribution in [0.4, 0.5) is 10.1 Å². The van der Waals surface area contributed by atoms with Gasteiger partial charge in [0.15, 0.2) is 0 Å². The highest BCUT2D eigenvalue weighted by molar-refractivity contribution is 7.93. The standard InChI is InChI=1S/C17H13FN2O4S/c1-10-8-12(17(21)22)9-13(18)15(10)20-25(23,24)14-6-2-4-11-5-3-7-19-16(11)14/h2-9,20H,1H3,(H,21,22). The van der Waals surface area contributed by atoms with Crippen LogP contribution in [-0.2, 0) is 10.0 Å². The smallest absolute Gasteiger partial charge is 0.335 e. The van der Waals surface area contributed by atoms with Crippen LogP contribution in [0.5, 0.6) is 0 Å². The first-order chi connectivity index (χ1) is 11.8. The third-order valence-corrected chi connectivity index (χ3v) is 5.04. The third-order valence-electron chi connectivity index (χ3n) is 3.66. The van der Waals surface area contributed by atoms with Crippen molar-refractivity contribution in [2.45, 2.75) is 11.8 Å². The van der Waals surface area contributed by atoms with E-state index in [0.717, 1.165) is 6.07 Å². The molecule has 0 amide bonds. The zero-order chi connectivity index (χ0) is 18.2. The summed E-state index contributed by atoms with van der Waals surface area (Å²) in [4.78, 5) is 14.9. The second-order valence-corrected chi connectivity index (χ2v) is 7.04. The highest BCUT2D eigenvalue weighted by Gasteiger charge is 2.22. The first kappa shape index (κ1) is 16.8. The summed E-state index contributed by atoms with van der Waals surface area (Å²) in [5.74, 6) is -2.26. The quantitative estimate of drug-likeness (QED) is 0.745. The summed E-state index contributed by atoms with van der Waals surface area (Å²) in [6.45, 7) is 1.43. The van der Waals surface area contributed by atoms with Gasteiger partial charge in [-0.2, -0.15) is 0 Å². The molecule has 2 N–H and O–H groups in total. The van der Waals surface area contributed by atoms with E-state index in [4.69, 9.17) is 5.11 Å². The number of para-hydroxylation sites is 1. The molecule has 0 atom stereocenters. The number of hydrogen-bond acceptors (Lipinski definition) is 4. The number of halogens is 1. The largest absolute Gasteiger partial charge is 0.478 e. The molecule has 1 aromatic heterocycles. The minimum absolute atomic E-state index is 0.0910. The number of carbonyl (C=O) groups is 1. The normalized spacial score (nSPS) is 11.4. The number of carboxylic acids is 1. The lowest BCUT2D eigenvalue weighted by molar-refractivity contribution is 0.0696. The lowest BCUT2D eigenvalue weighted by atomic mass is 10.1. The monoisotopic (exact) mass is 360 g/mol. The SMILES string of the molecule is Cc1cc(C(=O)O)cc(F)c1NS(=O)(=O)c1cccc2cccnc12. The van der Waals surface area contributed by atoms with E-state index in [1.165, 1.54) is 25.3 Å². The topological polar surface area (TPSA) is 96.4 Å². The van der Waals surface area contributed by atoms with E-state index in [1.807, 2.05) is 0 Å². The molecule has 8 heteroatoms. The third kappa shape index (κ3) is 3.16. The lowest BCUT2D eigenvalue weighted by Gasteiger charge is -2.13.